The van der Waals surface area contributed by atoms with Crippen LogP contribution in [0.3, 0.4) is 0 Å². The van der Waals surface area contributed by atoms with Crippen LogP contribution >= 0.6 is 15.9 Å². The van der Waals surface area contributed by atoms with E-state index in [2.05, 4.69) is 75.1 Å². The Kier molecular flexibility index (Phi) is 2.46. The van der Waals surface area contributed by atoms with Gasteiger partial charge < -0.3 is 10.6 Å². The van der Waals surface area contributed by atoms with Crippen LogP contribution in [0.25, 0.3) is 0 Å². The number of benzene rings is 2. The first-order valence-electron chi connectivity index (χ1n) is 7.67. The number of hydrogen-bond donors (Lipinski definition) is 2. The molecular weight excluding hydrogens is 324 g/mol. The zero-order chi connectivity index (χ0) is 14.0. The van der Waals surface area contributed by atoms with Gasteiger partial charge in [0.05, 0.1) is 0 Å². The second-order valence-electron chi connectivity index (χ2n) is 6.39. The van der Waals surface area contributed by atoms with Crippen LogP contribution in [0.1, 0.15) is 23.0 Å². The van der Waals surface area contributed by atoms with E-state index in [0.717, 1.165) is 6.54 Å². The predicted molar refractivity (Wildman–Crippen MR) is 90.5 cm³/mol. The van der Waals surface area contributed by atoms with Crippen LogP contribution in [0.5, 0.6) is 0 Å². The van der Waals surface area contributed by atoms with E-state index < -0.39 is 0 Å². The third kappa shape index (κ3) is 1.53. The lowest BCUT2D eigenvalue weighted by atomic mass is 9.77. The molecule has 2 bridgehead atoms. The summed E-state index contributed by atoms with van der Waals surface area (Å²) in [5, 5.41) is 7.41. The molecule has 3 heteroatoms. The summed E-state index contributed by atoms with van der Waals surface area (Å²) in [4.78, 5) is 0.510. The molecule has 1 saturated carbocycles. The molecule has 1 fully saturated rings. The van der Waals surface area contributed by atoms with Crippen LogP contribution < -0.4 is 10.6 Å². The summed E-state index contributed by atoms with van der Waals surface area (Å²) < 4.78 is 0. The van der Waals surface area contributed by atoms with Gasteiger partial charge >= 0.3 is 0 Å². The van der Waals surface area contributed by atoms with Crippen molar-refractivity contribution in [2.45, 2.75) is 22.7 Å². The third-order valence-electron chi connectivity index (χ3n) is 5.49. The molecule has 0 aromatic heterocycles. The smallest absolute Gasteiger partial charge is 0.0443 e. The van der Waals surface area contributed by atoms with Gasteiger partial charge in [-0.3, -0.25) is 0 Å². The molecule has 0 radical (unpaired) electrons. The van der Waals surface area contributed by atoms with Crippen molar-refractivity contribution in [1.29, 1.82) is 0 Å². The fourth-order valence-electron chi connectivity index (χ4n) is 4.65. The van der Waals surface area contributed by atoms with Gasteiger partial charge in [0.15, 0.2) is 0 Å². The Bertz CT molecular complexity index is 714. The van der Waals surface area contributed by atoms with Crippen molar-refractivity contribution in [1.82, 2.24) is 0 Å². The summed E-state index contributed by atoms with van der Waals surface area (Å²) in [6.45, 7) is 1.06. The Morgan fingerprint density at radius 2 is 1.52 bits per heavy atom. The van der Waals surface area contributed by atoms with Gasteiger partial charge in [0.2, 0.25) is 0 Å². The number of hydrogen-bond acceptors (Lipinski definition) is 2. The quantitative estimate of drug-likeness (QED) is 0.703. The molecule has 2 aromatic carbocycles. The maximum atomic E-state index is 4.00. The van der Waals surface area contributed by atoms with Gasteiger partial charge in [-0.25, -0.2) is 0 Å². The van der Waals surface area contributed by atoms with Crippen molar-refractivity contribution in [3.8, 4) is 0 Å². The molecule has 0 spiro atoms. The predicted octanol–water partition coefficient (Wildman–Crippen LogP) is 4.17. The summed E-state index contributed by atoms with van der Waals surface area (Å²) in [5.41, 5.74) is 5.61. The van der Waals surface area contributed by atoms with E-state index in [4.69, 9.17) is 0 Å². The summed E-state index contributed by atoms with van der Waals surface area (Å²) in [7, 11) is 0. The van der Waals surface area contributed by atoms with E-state index in [1.807, 2.05) is 0 Å². The molecule has 2 aromatic rings. The number of anilines is 2. The number of halogens is 1. The molecule has 2 nitrogen and oxygen atoms in total. The zero-order valence-corrected chi connectivity index (χ0v) is 13.2. The van der Waals surface area contributed by atoms with Crippen LogP contribution in [-0.2, 0) is 0 Å². The van der Waals surface area contributed by atoms with E-state index in [0.29, 0.717) is 28.6 Å². The van der Waals surface area contributed by atoms with Crippen molar-refractivity contribution < 1.29 is 0 Å². The molecule has 2 heterocycles. The molecule has 1 aliphatic carbocycles. The molecule has 0 unspecified atom stereocenters. The van der Waals surface area contributed by atoms with Crippen LogP contribution in [0.15, 0.2) is 48.5 Å². The van der Waals surface area contributed by atoms with Gasteiger partial charge in [0.25, 0.3) is 0 Å². The highest BCUT2D eigenvalue weighted by molar-refractivity contribution is 9.09. The SMILES string of the molecule is Br[C@H]1[C@@H]2Nc3ccccc3[C@H]1[C@H]1c3ccccc3NC[C@@H]21. The second-order valence-corrected chi connectivity index (χ2v) is 7.44. The average Bonchev–Trinajstić information content (AvgIpc) is 2.72. The molecule has 2 aliphatic heterocycles. The van der Waals surface area contributed by atoms with Crippen molar-refractivity contribution in [3.05, 3.63) is 59.7 Å². The highest BCUT2D eigenvalue weighted by atomic mass is 79.9. The largest absolute Gasteiger partial charge is 0.384 e. The number of nitrogens with one attached hydrogen (secondary N) is 2. The van der Waals surface area contributed by atoms with Crippen molar-refractivity contribution in [2.75, 3.05) is 17.2 Å². The Balaban J connectivity index is 1.72. The molecule has 2 N–H and O–H groups in total. The number of alkyl halides is 1. The lowest BCUT2D eigenvalue weighted by molar-refractivity contribution is 0.459. The maximum Gasteiger partial charge on any atom is 0.0443 e. The van der Waals surface area contributed by atoms with Crippen LogP contribution in [0, 0.1) is 5.92 Å². The van der Waals surface area contributed by atoms with Crippen LogP contribution in [0.2, 0.25) is 0 Å². The Morgan fingerprint density at radius 3 is 2.33 bits per heavy atom. The first kappa shape index (κ1) is 12.1. The summed E-state index contributed by atoms with van der Waals surface area (Å²) in [5.74, 6) is 1.82. The van der Waals surface area contributed by atoms with Crippen molar-refractivity contribution in [3.63, 3.8) is 0 Å². The summed E-state index contributed by atoms with van der Waals surface area (Å²) in [6.07, 6.45) is 0. The van der Waals surface area contributed by atoms with Gasteiger partial charge in [0.1, 0.15) is 0 Å². The molecule has 5 atom stereocenters. The average molecular weight is 341 g/mol. The van der Waals surface area contributed by atoms with E-state index in [1.54, 1.807) is 0 Å². The minimum absolute atomic E-state index is 0.510. The van der Waals surface area contributed by atoms with Gasteiger partial charge in [-0.2, -0.15) is 0 Å². The number of rotatable bonds is 0. The summed E-state index contributed by atoms with van der Waals surface area (Å²) in [6, 6.07) is 18.2. The normalized spacial score (nSPS) is 35.0. The summed E-state index contributed by atoms with van der Waals surface area (Å²) >= 11 is 4.00. The minimum atomic E-state index is 0.510. The van der Waals surface area contributed by atoms with Crippen molar-refractivity contribution in [2.24, 2.45) is 5.92 Å². The Hall–Kier alpha value is -1.48. The molecule has 21 heavy (non-hydrogen) atoms. The van der Waals surface area contributed by atoms with E-state index in [9.17, 15) is 0 Å². The van der Waals surface area contributed by atoms with Gasteiger partial charge in [0, 0.05) is 46.5 Å². The standard InChI is InChI=1S/C18H17BrN2/c19-17-16-11-6-2-4-8-14(11)21-18(17)12-9-20-13-7-3-1-5-10(13)15(12)16/h1-8,12,15-18,20-21H,9H2/t12-,15+,16+,17-,18-/m1/s1. The molecule has 0 amide bonds. The highest BCUT2D eigenvalue weighted by Gasteiger charge is 2.55. The lowest BCUT2D eigenvalue weighted by Crippen LogP contribution is -2.38. The molecule has 0 saturated heterocycles. The van der Waals surface area contributed by atoms with E-state index in [1.165, 1.54) is 22.5 Å². The second kappa shape index (κ2) is 4.26. The first-order chi connectivity index (χ1) is 10.3. The Morgan fingerprint density at radius 1 is 0.857 bits per heavy atom. The topological polar surface area (TPSA) is 24.1 Å². The van der Waals surface area contributed by atoms with E-state index >= 15 is 0 Å². The lowest BCUT2D eigenvalue weighted by Gasteiger charge is -2.32. The van der Waals surface area contributed by atoms with Gasteiger partial charge in [-0.1, -0.05) is 52.3 Å². The molecule has 106 valence electrons. The van der Waals surface area contributed by atoms with Gasteiger partial charge in [-0.05, 0) is 23.3 Å². The number of para-hydroxylation sites is 2. The van der Waals surface area contributed by atoms with E-state index in [-0.39, 0.29) is 0 Å². The molecule has 3 aliphatic rings. The molecular formula is C18H17BrN2. The van der Waals surface area contributed by atoms with Crippen molar-refractivity contribution >= 4 is 27.3 Å². The maximum absolute atomic E-state index is 4.00. The van der Waals surface area contributed by atoms with Crippen LogP contribution in [0.4, 0.5) is 11.4 Å². The third-order valence-corrected chi connectivity index (χ3v) is 6.62. The fraction of sp³-hybridized carbons (Fsp3) is 0.333. The zero-order valence-electron chi connectivity index (χ0n) is 11.6. The highest BCUT2D eigenvalue weighted by Crippen LogP contribution is 2.59. The minimum Gasteiger partial charge on any atom is -0.384 e. The van der Waals surface area contributed by atoms with Crippen LogP contribution in [-0.4, -0.2) is 17.4 Å². The fourth-order valence-corrected chi connectivity index (χ4v) is 5.79. The monoisotopic (exact) mass is 340 g/mol. The number of fused-ring (bicyclic) bond motifs is 9. The van der Waals surface area contributed by atoms with Gasteiger partial charge in [-0.15, -0.1) is 0 Å². The first-order valence-corrected chi connectivity index (χ1v) is 8.58. The molecule has 5 rings (SSSR count). The Labute approximate surface area is 133 Å².